The highest BCUT2D eigenvalue weighted by atomic mass is 35.5. The van der Waals surface area contributed by atoms with Gasteiger partial charge in [0.25, 0.3) is 5.92 Å². The molecule has 0 saturated heterocycles. The van der Waals surface area contributed by atoms with E-state index in [0.717, 1.165) is 0 Å². The molecule has 2 aromatic heterocycles. The lowest BCUT2D eigenvalue weighted by Gasteiger charge is -2.15. The zero-order chi connectivity index (χ0) is 27.8. The molecule has 1 fully saturated rings. The second kappa shape index (κ2) is 10.3. The van der Waals surface area contributed by atoms with E-state index < -0.39 is 41.8 Å². The van der Waals surface area contributed by atoms with Gasteiger partial charge in [0, 0.05) is 10.6 Å². The number of rotatable bonds is 7. The Morgan fingerprint density at radius 2 is 1.76 bits per heavy atom. The number of aromatic nitrogens is 2. The van der Waals surface area contributed by atoms with E-state index in [2.05, 4.69) is 20.8 Å². The van der Waals surface area contributed by atoms with E-state index in [9.17, 15) is 23.2 Å². The zero-order valence-corrected chi connectivity index (χ0v) is 21.1. The number of hydrogen-bond donors (Lipinski definition) is 4. The van der Waals surface area contributed by atoms with Crippen LogP contribution in [0.4, 0.5) is 25.0 Å². The van der Waals surface area contributed by atoms with E-state index in [4.69, 9.17) is 26.7 Å². The molecule has 11 nitrogen and oxygen atoms in total. The highest BCUT2D eigenvalue weighted by molar-refractivity contribution is 6.31. The number of nitrogens with one attached hydrogen (secondary N) is 3. The number of carbonyl (C=O) groups is 3. The largest absolute Gasteiger partial charge is 0.441 e. The van der Waals surface area contributed by atoms with Gasteiger partial charge in [0.05, 0.1) is 11.4 Å². The number of amides is 3. The lowest BCUT2D eigenvalue weighted by Crippen LogP contribution is -2.33. The molecule has 3 atom stereocenters. The number of benzene rings is 1. The van der Waals surface area contributed by atoms with E-state index in [1.54, 1.807) is 43.5 Å². The summed E-state index contributed by atoms with van der Waals surface area (Å²) in [7, 11) is 0. The van der Waals surface area contributed by atoms with Gasteiger partial charge in [-0.15, -0.1) is 0 Å². The number of nitrogens with two attached hydrogens (primary N) is 1. The normalized spacial score (nSPS) is 18.3. The Hall–Kier alpha value is -4.10. The predicted octanol–water partition coefficient (Wildman–Crippen LogP) is 4.13. The summed E-state index contributed by atoms with van der Waals surface area (Å²) in [6.07, 6.45) is -1.43. The summed E-state index contributed by atoms with van der Waals surface area (Å²) >= 11 is 6.17. The second-order valence-electron chi connectivity index (χ2n) is 8.62. The summed E-state index contributed by atoms with van der Waals surface area (Å²) in [6.45, 7) is 4.80. The Kier molecular flexibility index (Phi) is 7.33. The Morgan fingerprint density at radius 1 is 1.08 bits per heavy atom. The molecule has 200 valence electrons. The maximum Gasteiger partial charge on any atom is 0.412 e. The standard InChI is InChI=1S/C24H23ClF2N6O5/c1-10-15(30-21(34)17-18(22(35)32-28)24(17,26)27)8-9-16(29-10)20-19(11(2)33-38-20)31-23(36)37-12(3)13-6-4-5-7-14(13)25/h4-9,12,17-18H,28H2,1-3H3,(H,30,34)(H,31,36)(H,32,35)/t12-,17+,18+/m1/s1. The number of hydrogen-bond acceptors (Lipinski definition) is 8. The third-order valence-electron chi connectivity index (χ3n) is 6.05. The first-order valence-electron chi connectivity index (χ1n) is 11.3. The van der Waals surface area contributed by atoms with Crippen LogP contribution in [0.3, 0.4) is 0 Å². The lowest BCUT2D eigenvalue weighted by molar-refractivity contribution is -0.125. The van der Waals surface area contributed by atoms with Crippen LogP contribution in [-0.4, -0.2) is 34.0 Å². The first kappa shape index (κ1) is 26.9. The average molecular weight is 549 g/mol. The number of aryl methyl sites for hydroxylation is 2. The SMILES string of the molecule is Cc1nc(-c2onc(C)c2NC(=O)O[C@H](C)c2ccccc2Cl)ccc1NC(=O)[C@@H]1[C@@H](C(=O)NN)C1(F)F. The highest BCUT2D eigenvalue weighted by Crippen LogP contribution is 2.55. The molecule has 0 aliphatic heterocycles. The third kappa shape index (κ3) is 5.15. The topological polar surface area (TPSA) is 161 Å². The van der Waals surface area contributed by atoms with Gasteiger partial charge in [-0.3, -0.25) is 20.3 Å². The number of pyridine rings is 1. The quantitative estimate of drug-likeness (QED) is 0.195. The minimum absolute atomic E-state index is 0.110. The summed E-state index contributed by atoms with van der Waals surface area (Å²) < 4.78 is 38.6. The third-order valence-corrected chi connectivity index (χ3v) is 6.40. The van der Waals surface area contributed by atoms with Crippen LogP contribution in [0.5, 0.6) is 0 Å². The fourth-order valence-electron chi connectivity index (χ4n) is 3.95. The van der Waals surface area contributed by atoms with Crippen molar-refractivity contribution in [2.24, 2.45) is 17.7 Å². The molecule has 4 rings (SSSR count). The van der Waals surface area contributed by atoms with Gasteiger partial charge in [0.2, 0.25) is 17.6 Å². The van der Waals surface area contributed by atoms with Gasteiger partial charge in [-0.1, -0.05) is 35.0 Å². The first-order chi connectivity index (χ1) is 17.9. The number of nitrogens with zero attached hydrogens (tertiary/aromatic N) is 2. The fraction of sp³-hybridized carbons (Fsp3) is 0.292. The maximum absolute atomic E-state index is 13.9. The molecule has 5 N–H and O–H groups in total. The van der Waals surface area contributed by atoms with E-state index in [-0.39, 0.29) is 28.5 Å². The monoisotopic (exact) mass is 548 g/mol. The number of halogens is 3. The number of hydrazine groups is 1. The Balaban J connectivity index is 1.47. The molecule has 14 heteroatoms. The van der Waals surface area contributed by atoms with Crippen molar-refractivity contribution in [3.8, 4) is 11.5 Å². The molecule has 3 aromatic rings. The van der Waals surface area contributed by atoms with Crippen LogP contribution in [0.2, 0.25) is 5.02 Å². The maximum atomic E-state index is 13.9. The van der Waals surface area contributed by atoms with Crippen LogP contribution >= 0.6 is 11.6 Å². The van der Waals surface area contributed by atoms with Gasteiger partial charge >= 0.3 is 6.09 Å². The van der Waals surface area contributed by atoms with Crippen molar-refractivity contribution < 1.29 is 32.4 Å². The van der Waals surface area contributed by atoms with Gasteiger partial charge in [0.1, 0.15) is 35.0 Å². The Labute approximate surface area is 220 Å². The first-order valence-corrected chi connectivity index (χ1v) is 11.7. The fourth-order valence-corrected chi connectivity index (χ4v) is 4.24. The smallest absolute Gasteiger partial charge is 0.412 e. The van der Waals surface area contributed by atoms with Gasteiger partial charge in [0.15, 0.2) is 0 Å². The molecule has 2 heterocycles. The average Bonchev–Trinajstić information content (AvgIpc) is 3.28. The van der Waals surface area contributed by atoms with Crippen molar-refractivity contribution in [1.82, 2.24) is 15.6 Å². The van der Waals surface area contributed by atoms with Gasteiger partial charge < -0.3 is 14.6 Å². The molecular formula is C24H23ClF2N6O5. The molecule has 1 saturated carbocycles. The van der Waals surface area contributed by atoms with E-state index >= 15 is 0 Å². The summed E-state index contributed by atoms with van der Waals surface area (Å²) in [6, 6.07) is 9.82. The molecule has 38 heavy (non-hydrogen) atoms. The zero-order valence-electron chi connectivity index (χ0n) is 20.3. The molecule has 1 aromatic carbocycles. The number of alkyl halides is 2. The molecule has 1 aliphatic carbocycles. The number of ether oxygens (including phenoxy) is 1. The molecule has 0 radical (unpaired) electrons. The van der Waals surface area contributed by atoms with Crippen molar-refractivity contribution in [2.75, 3.05) is 10.6 Å². The highest BCUT2D eigenvalue weighted by Gasteiger charge is 2.75. The Morgan fingerprint density at radius 3 is 2.42 bits per heavy atom. The molecule has 3 amide bonds. The van der Waals surface area contributed by atoms with Crippen molar-refractivity contribution in [2.45, 2.75) is 32.8 Å². The van der Waals surface area contributed by atoms with Gasteiger partial charge in [-0.2, -0.15) is 0 Å². The lowest BCUT2D eigenvalue weighted by atomic mass is 10.1. The van der Waals surface area contributed by atoms with Crippen LogP contribution in [-0.2, 0) is 14.3 Å². The Bertz CT molecular complexity index is 1410. The van der Waals surface area contributed by atoms with E-state index in [1.807, 2.05) is 0 Å². The number of anilines is 2. The minimum atomic E-state index is -3.51. The van der Waals surface area contributed by atoms with Crippen LogP contribution in [0.15, 0.2) is 40.9 Å². The van der Waals surface area contributed by atoms with Crippen molar-refractivity contribution >= 4 is 40.9 Å². The van der Waals surface area contributed by atoms with Crippen LogP contribution in [0, 0.1) is 25.7 Å². The molecule has 0 bridgehead atoms. The van der Waals surface area contributed by atoms with Crippen molar-refractivity contribution in [3.63, 3.8) is 0 Å². The molecule has 0 spiro atoms. The predicted molar refractivity (Wildman–Crippen MR) is 132 cm³/mol. The summed E-state index contributed by atoms with van der Waals surface area (Å²) in [5.41, 5.74) is 3.46. The van der Waals surface area contributed by atoms with Crippen molar-refractivity contribution in [1.29, 1.82) is 0 Å². The minimum Gasteiger partial charge on any atom is -0.441 e. The molecule has 1 aliphatic rings. The van der Waals surface area contributed by atoms with E-state index in [0.29, 0.717) is 16.3 Å². The second-order valence-corrected chi connectivity index (χ2v) is 9.03. The summed E-state index contributed by atoms with van der Waals surface area (Å²) in [5.74, 6) is -4.34. The summed E-state index contributed by atoms with van der Waals surface area (Å²) in [5, 5.41) is 9.28. The summed E-state index contributed by atoms with van der Waals surface area (Å²) in [4.78, 5) is 40.8. The van der Waals surface area contributed by atoms with E-state index in [1.165, 1.54) is 19.1 Å². The van der Waals surface area contributed by atoms with Gasteiger partial charge in [-0.05, 0) is 39.0 Å². The number of carbonyl (C=O) groups excluding carboxylic acids is 3. The van der Waals surface area contributed by atoms with Crippen LogP contribution in [0.1, 0.15) is 30.0 Å². The van der Waals surface area contributed by atoms with Gasteiger partial charge in [-0.25, -0.2) is 24.4 Å². The van der Waals surface area contributed by atoms with Crippen LogP contribution in [0.25, 0.3) is 11.5 Å². The van der Waals surface area contributed by atoms with Crippen LogP contribution < -0.4 is 21.9 Å². The van der Waals surface area contributed by atoms with Crippen molar-refractivity contribution in [3.05, 3.63) is 58.4 Å². The molecular weight excluding hydrogens is 526 g/mol. The molecule has 0 unspecified atom stereocenters.